The van der Waals surface area contributed by atoms with Crippen molar-refractivity contribution >= 4 is 11.4 Å². The minimum Gasteiger partial charge on any atom is -0.357 e. The number of aliphatic imine (C=N–C) groups is 1. The zero-order valence-electron chi connectivity index (χ0n) is 16.4. The molecule has 1 aromatic heterocycles. The van der Waals surface area contributed by atoms with Gasteiger partial charge in [0.2, 0.25) is 0 Å². The summed E-state index contributed by atoms with van der Waals surface area (Å²) in [7, 11) is 0. The molecule has 0 radical (unpaired) electrons. The van der Waals surface area contributed by atoms with E-state index in [1.165, 1.54) is 6.42 Å². The van der Waals surface area contributed by atoms with Crippen LogP contribution >= 0.6 is 0 Å². The van der Waals surface area contributed by atoms with Gasteiger partial charge in [-0.3, -0.25) is 10.1 Å². The Bertz CT molecular complexity index is 752. The van der Waals surface area contributed by atoms with E-state index in [9.17, 15) is 10.1 Å². The molecule has 1 aliphatic rings. The molecule has 1 saturated heterocycles. The summed E-state index contributed by atoms with van der Waals surface area (Å²) in [5.41, 5.74) is 2.14. The smallest absolute Gasteiger partial charge is 0.309 e. The summed E-state index contributed by atoms with van der Waals surface area (Å²) in [6.07, 6.45) is 7.76. The fraction of sp³-hybridized carbons (Fsp3) is 0.579. The molecule has 0 unspecified atom stereocenters. The van der Waals surface area contributed by atoms with Crippen LogP contribution in [-0.4, -0.2) is 38.2 Å². The van der Waals surface area contributed by atoms with Gasteiger partial charge in [-0.2, -0.15) is 0 Å². The van der Waals surface area contributed by atoms with Crippen LogP contribution in [0.2, 0.25) is 0 Å². The first-order valence-corrected chi connectivity index (χ1v) is 9.22. The van der Waals surface area contributed by atoms with Gasteiger partial charge in [0.1, 0.15) is 23.1 Å². The van der Waals surface area contributed by atoms with Gasteiger partial charge in [-0.1, -0.05) is 6.92 Å². The van der Waals surface area contributed by atoms with Gasteiger partial charge < -0.3 is 9.47 Å². The molecule has 7 heteroatoms. The third-order valence-electron chi connectivity index (χ3n) is 4.90. The normalized spacial score (nSPS) is 17.7. The monoisotopic (exact) mass is 359 g/mol. The number of imidazole rings is 1. The molecule has 26 heavy (non-hydrogen) atoms. The largest absolute Gasteiger partial charge is 0.357 e. The SMILES string of the molecule is CC/C(C)=C(/N=C(C)\C(=C(/C)n1ccnc1C)[N+](=O)[O-])N1CCCCC1. The molecule has 142 valence electrons. The van der Waals surface area contributed by atoms with Gasteiger partial charge in [-0.25, -0.2) is 9.98 Å². The molecule has 1 aromatic rings. The molecule has 0 saturated carbocycles. The zero-order valence-corrected chi connectivity index (χ0v) is 16.4. The Morgan fingerprint density at radius 2 is 1.92 bits per heavy atom. The number of nitrogens with zero attached hydrogens (tertiary/aromatic N) is 5. The highest BCUT2D eigenvalue weighted by Crippen LogP contribution is 2.23. The van der Waals surface area contributed by atoms with Crippen LogP contribution in [0.3, 0.4) is 0 Å². The van der Waals surface area contributed by atoms with E-state index in [0.717, 1.165) is 43.7 Å². The molecule has 0 spiro atoms. The molecule has 2 heterocycles. The summed E-state index contributed by atoms with van der Waals surface area (Å²) in [6, 6.07) is 0. The van der Waals surface area contributed by atoms with Crippen molar-refractivity contribution in [3.05, 3.63) is 45.4 Å². The Hall–Kier alpha value is -2.44. The lowest BCUT2D eigenvalue weighted by Crippen LogP contribution is -2.30. The summed E-state index contributed by atoms with van der Waals surface area (Å²) in [5, 5.41) is 11.8. The highest BCUT2D eigenvalue weighted by molar-refractivity contribution is 6.00. The van der Waals surface area contributed by atoms with Crippen molar-refractivity contribution in [1.29, 1.82) is 0 Å². The second-order valence-electron chi connectivity index (χ2n) is 6.74. The fourth-order valence-electron chi connectivity index (χ4n) is 3.28. The van der Waals surface area contributed by atoms with Crippen molar-refractivity contribution in [2.75, 3.05) is 13.1 Å². The van der Waals surface area contributed by atoms with Crippen LogP contribution < -0.4 is 0 Å². The number of nitro groups is 1. The summed E-state index contributed by atoms with van der Waals surface area (Å²) < 4.78 is 1.73. The molecule has 0 aliphatic carbocycles. The maximum absolute atomic E-state index is 11.8. The summed E-state index contributed by atoms with van der Waals surface area (Å²) in [5.74, 6) is 1.60. The second kappa shape index (κ2) is 8.78. The number of aryl methyl sites for hydroxylation is 1. The molecular formula is C19H29N5O2. The molecule has 0 aromatic carbocycles. The zero-order chi connectivity index (χ0) is 19.3. The summed E-state index contributed by atoms with van der Waals surface area (Å²) in [6.45, 7) is 11.4. The first kappa shape index (κ1) is 19.9. The average molecular weight is 359 g/mol. The maximum Gasteiger partial charge on any atom is 0.309 e. The van der Waals surface area contributed by atoms with E-state index in [2.05, 4.69) is 23.7 Å². The van der Waals surface area contributed by atoms with E-state index in [1.54, 1.807) is 30.8 Å². The van der Waals surface area contributed by atoms with Crippen molar-refractivity contribution in [3.63, 3.8) is 0 Å². The van der Waals surface area contributed by atoms with E-state index >= 15 is 0 Å². The van der Waals surface area contributed by atoms with Crippen molar-refractivity contribution < 1.29 is 4.92 Å². The van der Waals surface area contributed by atoms with E-state index in [0.29, 0.717) is 17.2 Å². The molecule has 1 aliphatic heterocycles. The molecule has 0 amide bonds. The van der Waals surface area contributed by atoms with Gasteiger partial charge in [0.05, 0.1) is 4.92 Å². The molecule has 0 atom stereocenters. The van der Waals surface area contributed by atoms with Crippen molar-refractivity contribution in [2.24, 2.45) is 4.99 Å². The van der Waals surface area contributed by atoms with E-state index in [4.69, 9.17) is 4.99 Å². The topological polar surface area (TPSA) is 76.6 Å². The lowest BCUT2D eigenvalue weighted by atomic mass is 10.1. The minimum absolute atomic E-state index is 0.0320. The van der Waals surface area contributed by atoms with Crippen LogP contribution in [0, 0.1) is 17.0 Å². The number of allylic oxidation sites excluding steroid dienone is 3. The van der Waals surface area contributed by atoms with Gasteiger partial charge >= 0.3 is 5.70 Å². The Morgan fingerprint density at radius 1 is 1.27 bits per heavy atom. The molecule has 2 rings (SSSR count). The molecule has 7 nitrogen and oxygen atoms in total. The summed E-state index contributed by atoms with van der Waals surface area (Å²) in [4.78, 5) is 22.6. The number of piperidine rings is 1. The first-order valence-electron chi connectivity index (χ1n) is 9.22. The Balaban J connectivity index is 2.51. The Morgan fingerprint density at radius 3 is 2.42 bits per heavy atom. The minimum atomic E-state index is -0.345. The van der Waals surface area contributed by atoms with Crippen LogP contribution in [0.15, 0.2) is 34.5 Å². The Kier molecular flexibility index (Phi) is 6.71. The van der Waals surface area contributed by atoms with Crippen molar-refractivity contribution in [3.8, 4) is 0 Å². The predicted molar refractivity (Wildman–Crippen MR) is 104 cm³/mol. The quantitative estimate of drug-likeness (QED) is 0.432. The number of hydrogen-bond donors (Lipinski definition) is 0. The van der Waals surface area contributed by atoms with Crippen LogP contribution in [0.5, 0.6) is 0 Å². The molecule has 0 bridgehead atoms. The molecule has 0 N–H and O–H groups in total. The van der Waals surface area contributed by atoms with Crippen LogP contribution in [-0.2, 0) is 0 Å². The summed E-state index contributed by atoms with van der Waals surface area (Å²) >= 11 is 0. The van der Waals surface area contributed by atoms with Crippen molar-refractivity contribution in [2.45, 2.75) is 60.3 Å². The van der Waals surface area contributed by atoms with E-state index in [-0.39, 0.29) is 10.6 Å². The standard InChI is InChI=1S/C19H29N5O2/c1-6-14(2)19(22-11-8-7-9-12-22)21-15(3)18(24(25)26)16(4)23-13-10-20-17(23)5/h10,13H,6-9,11-12H2,1-5H3/b18-16-,19-14-,21-15-. The third kappa shape index (κ3) is 4.39. The van der Waals surface area contributed by atoms with Gasteiger partial charge in [-0.15, -0.1) is 0 Å². The fourth-order valence-corrected chi connectivity index (χ4v) is 3.28. The highest BCUT2D eigenvalue weighted by Gasteiger charge is 2.23. The van der Waals surface area contributed by atoms with E-state index < -0.39 is 0 Å². The van der Waals surface area contributed by atoms with Gasteiger partial charge in [0.15, 0.2) is 0 Å². The lowest BCUT2D eigenvalue weighted by Gasteiger charge is -2.30. The first-order chi connectivity index (χ1) is 12.4. The van der Waals surface area contributed by atoms with Crippen LogP contribution in [0.1, 0.15) is 59.2 Å². The second-order valence-corrected chi connectivity index (χ2v) is 6.74. The molecule has 1 fully saturated rings. The number of aromatic nitrogens is 2. The van der Waals surface area contributed by atoms with Gasteiger partial charge in [0.25, 0.3) is 0 Å². The predicted octanol–water partition coefficient (Wildman–Crippen LogP) is 4.25. The van der Waals surface area contributed by atoms with Crippen molar-refractivity contribution in [1.82, 2.24) is 14.5 Å². The van der Waals surface area contributed by atoms with Crippen LogP contribution in [0.25, 0.3) is 5.70 Å². The third-order valence-corrected chi connectivity index (χ3v) is 4.90. The Labute approximate surface area is 155 Å². The van der Waals surface area contributed by atoms with Crippen LogP contribution in [0.4, 0.5) is 0 Å². The highest BCUT2D eigenvalue weighted by atomic mass is 16.6. The number of hydrogen-bond acceptors (Lipinski definition) is 5. The average Bonchev–Trinajstić information content (AvgIpc) is 3.05. The molecular weight excluding hydrogens is 330 g/mol. The lowest BCUT2D eigenvalue weighted by molar-refractivity contribution is -0.414. The van der Waals surface area contributed by atoms with Gasteiger partial charge in [0, 0.05) is 25.5 Å². The number of likely N-dealkylation sites (tertiary alicyclic amines) is 1. The number of rotatable bonds is 6. The van der Waals surface area contributed by atoms with Gasteiger partial charge in [-0.05, 0) is 59.0 Å². The maximum atomic E-state index is 11.8. The van der Waals surface area contributed by atoms with E-state index in [1.807, 2.05) is 6.92 Å².